The van der Waals surface area contributed by atoms with Crippen molar-refractivity contribution in [3.63, 3.8) is 0 Å². The molecule has 7 heteroatoms. The maximum absolute atomic E-state index is 12.3. The first-order valence-electron chi connectivity index (χ1n) is 8.80. The molecule has 1 aliphatic rings. The van der Waals surface area contributed by atoms with Gasteiger partial charge < -0.3 is 14.3 Å². The van der Waals surface area contributed by atoms with Crippen LogP contribution in [-0.4, -0.2) is 40.9 Å². The van der Waals surface area contributed by atoms with Gasteiger partial charge in [0.15, 0.2) is 6.10 Å². The normalized spacial score (nSPS) is 20.4. The van der Waals surface area contributed by atoms with Crippen LogP contribution >= 0.6 is 0 Å². The molecule has 0 fully saturated rings. The molecule has 0 saturated heterocycles. The average molecular weight is 363 g/mol. The Morgan fingerprint density at radius 3 is 2.46 bits per heavy atom. The lowest BCUT2D eigenvalue weighted by molar-refractivity contribution is -0.743. The molecule has 0 aliphatic carbocycles. The fourth-order valence-electron chi connectivity index (χ4n) is 3.04. The molecule has 0 N–H and O–H groups in total. The summed E-state index contributed by atoms with van der Waals surface area (Å²) in [7, 11) is 0. The fraction of sp³-hybridized carbons (Fsp3) is 0.526. The highest BCUT2D eigenvalue weighted by atomic mass is 16.9. The summed E-state index contributed by atoms with van der Waals surface area (Å²) in [4.78, 5) is 28.7. The third kappa shape index (κ3) is 5.21. The summed E-state index contributed by atoms with van der Waals surface area (Å²) in [5, 5.41) is 12.3. The van der Waals surface area contributed by atoms with Crippen molar-refractivity contribution in [1.82, 2.24) is 0 Å². The number of rotatable bonds is 8. The summed E-state index contributed by atoms with van der Waals surface area (Å²) in [5.74, 6) is -0.988. The highest BCUT2D eigenvalue weighted by molar-refractivity contribution is 5.88. The molecule has 1 aromatic rings. The van der Waals surface area contributed by atoms with Gasteiger partial charge in [-0.1, -0.05) is 43.7 Å². The number of esters is 2. The number of benzene rings is 1. The van der Waals surface area contributed by atoms with Crippen molar-refractivity contribution in [2.24, 2.45) is 0 Å². The SMILES string of the molecule is CCCC(OC(C)=O)[C@@H]1O[N+]([O-])=C(CCc2ccccc2)[C@@H]1OC(C)=O. The number of ether oxygens (including phenoxy) is 2. The van der Waals surface area contributed by atoms with Gasteiger partial charge in [-0.3, -0.25) is 14.8 Å². The maximum Gasteiger partial charge on any atom is 0.303 e. The summed E-state index contributed by atoms with van der Waals surface area (Å²) >= 11 is 0. The number of hydrogen-bond donors (Lipinski definition) is 0. The molecule has 1 aromatic carbocycles. The molecule has 1 aliphatic heterocycles. The Morgan fingerprint density at radius 1 is 1.19 bits per heavy atom. The zero-order chi connectivity index (χ0) is 19.1. The van der Waals surface area contributed by atoms with Crippen molar-refractivity contribution in [2.75, 3.05) is 0 Å². The van der Waals surface area contributed by atoms with E-state index in [-0.39, 0.29) is 0 Å². The molecule has 7 nitrogen and oxygen atoms in total. The minimum Gasteiger partial charge on any atom is -0.461 e. The summed E-state index contributed by atoms with van der Waals surface area (Å²) in [5.41, 5.74) is 1.38. The monoisotopic (exact) mass is 363 g/mol. The maximum atomic E-state index is 12.3. The van der Waals surface area contributed by atoms with Crippen LogP contribution in [0.15, 0.2) is 30.3 Å². The van der Waals surface area contributed by atoms with E-state index in [1.807, 2.05) is 37.3 Å². The number of carbonyl (C=O) groups is 2. The van der Waals surface area contributed by atoms with Gasteiger partial charge in [-0.15, -0.1) is 0 Å². The Balaban J connectivity index is 2.18. The van der Waals surface area contributed by atoms with E-state index in [9.17, 15) is 14.8 Å². The minimum atomic E-state index is -0.871. The predicted molar refractivity (Wildman–Crippen MR) is 94.3 cm³/mol. The van der Waals surface area contributed by atoms with E-state index in [0.29, 0.717) is 29.9 Å². The quantitative estimate of drug-likeness (QED) is 0.521. The van der Waals surface area contributed by atoms with Crippen LogP contribution in [0.3, 0.4) is 0 Å². The first-order chi connectivity index (χ1) is 12.4. The Morgan fingerprint density at radius 2 is 1.88 bits per heavy atom. The second kappa shape index (κ2) is 9.22. The smallest absolute Gasteiger partial charge is 0.303 e. The predicted octanol–water partition coefficient (Wildman–Crippen LogP) is 2.55. The standard InChI is InChI=1S/C19H25NO6/c1-4-8-17(24-13(2)21)19-18(25-14(3)22)16(20(23)26-19)12-11-15-9-6-5-7-10-15/h5-7,9-10,17-19H,4,8,11-12H2,1-3H3/t17?,18-,19-/m0/s1. The number of aryl methyl sites for hydroxylation is 1. The number of carbonyl (C=O) groups excluding carboxylic acids is 2. The van der Waals surface area contributed by atoms with Crippen LogP contribution in [0.25, 0.3) is 0 Å². The highest BCUT2D eigenvalue weighted by Crippen LogP contribution is 2.25. The molecule has 0 aromatic heterocycles. The van der Waals surface area contributed by atoms with Gasteiger partial charge >= 0.3 is 11.9 Å². The van der Waals surface area contributed by atoms with Gasteiger partial charge in [0.2, 0.25) is 6.10 Å². The number of nitrogens with zero attached hydrogens (tertiary/aromatic N) is 1. The van der Waals surface area contributed by atoms with Gasteiger partial charge in [-0.25, -0.2) is 0 Å². The lowest BCUT2D eigenvalue weighted by Crippen LogP contribution is -2.43. The second-order valence-corrected chi connectivity index (χ2v) is 6.27. The van der Waals surface area contributed by atoms with E-state index in [1.54, 1.807) is 0 Å². The zero-order valence-corrected chi connectivity index (χ0v) is 15.3. The second-order valence-electron chi connectivity index (χ2n) is 6.27. The largest absolute Gasteiger partial charge is 0.461 e. The van der Waals surface area contributed by atoms with Crippen LogP contribution in [0.5, 0.6) is 0 Å². The molecule has 0 bridgehead atoms. The van der Waals surface area contributed by atoms with Crippen LogP contribution < -0.4 is 0 Å². The zero-order valence-electron chi connectivity index (χ0n) is 15.3. The first kappa shape index (κ1) is 19.8. The van der Waals surface area contributed by atoms with Gasteiger partial charge in [0.25, 0.3) is 5.71 Å². The third-order valence-electron chi connectivity index (χ3n) is 4.14. The molecular weight excluding hydrogens is 338 g/mol. The molecule has 0 radical (unpaired) electrons. The molecule has 1 unspecified atom stereocenters. The van der Waals surface area contributed by atoms with Crippen LogP contribution in [0.1, 0.15) is 45.6 Å². The molecule has 0 spiro atoms. The van der Waals surface area contributed by atoms with E-state index < -0.39 is 30.3 Å². The van der Waals surface area contributed by atoms with Crippen LogP contribution in [0, 0.1) is 5.21 Å². The van der Waals surface area contributed by atoms with Gasteiger partial charge in [0.1, 0.15) is 6.10 Å². The van der Waals surface area contributed by atoms with Crippen LogP contribution in [-0.2, 0) is 30.3 Å². The molecule has 3 atom stereocenters. The molecule has 0 saturated carbocycles. The molecule has 142 valence electrons. The molecule has 26 heavy (non-hydrogen) atoms. The summed E-state index contributed by atoms with van der Waals surface area (Å²) in [6, 6.07) is 9.68. The minimum absolute atomic E-state index is 0.322. The van der Waals surface area contributed by atoms with Gasteiger partial charge in [-0.05, 0) is 18.4 Å². The highest BCUT2D eigenvalue weighted by Gasteiger charge is 2.46. The van der Waals surface area contributed by atoms with Gasteiger partial charge in [0, 0.05) is 25.2 Å². The van der Waals surface area contributed by atoms with Crippen LogP contribution in [0.2, 0.25) is 0 Å². The van der Waals surface area contributed by atoms with Crippen molar-refractivity contribution in [3.8, 4) is 0 Å². The first-order valence-corrected chi connectivity index (χ1v) is 8.80. The van der Waals surface area contributed by atoms with E-state index >= 15 is 0 Å². The van der Waals surface area contributed by atoms with E-state index in [0.717, 1.165) is 12.0 Å². The van der Waals surface area contributed by atoms with Crippen molar-refractivity contribution >= 4 is 17.7 Å². The van der Waals surface area contributed by atoms with Crippen molar-refractivity contribution in [3.05, 3.63) is 41.1 Å². The van der Waals surface area contributed by atoms with E-state index in [2.05, 4.69) is 0 Å². The molecule has 1 heterocycles. The van der Waals surface area contributed by atoms with E-state index in [4.69, 9.17) is 14.3 Å². The Kier molecular flexibility index (Phi) is 7.00. The fourth-order valence-corrected chi connectivity index (χ4v) is 3.04. The lowest BCUT2D eigenvalue weighted by Gasteiger charge is -2.27. The third-order valence-corrected chi connectivity index (χ3v) is 4.14. The topological polar surface area (TPSA) is 87.9 Å². The Bertz CT molecular complexity index is 657. The van der Waals surface area contributed by atoms with Gasteiger partial charge in [-0.2, -0.15) is 0 Å². The Labute approximate surface area is 153 Å². The summed E-state index contributed by atoms with van der Waals surface area (Å²) < 4.78 is 10.7. The molecule has 0 amide bonds. The molecular formula is C19H25NO6. The lowest BCUT2D eigenvalue weighted by atomic mass is 9.97. The van der Waals surface area contributed by atoms with Crippen LogP contribution in [0.4, 0.5) is 0 Å². The van der Waals surface area contributed by atoms with E-state index in [1.165, 1.54) is 13.8 Å². The molecule has 2 rings (SSSR count). The number of hydrogen-bond acceptors (Lipinski definition) is 6. The summed E-state index contributed by atoms with van der Waals surface area (Å²) in [6.45, 7) is 4.51. The average Bonchev–Trinajstić information content (AvgIpc) is 2.88. The van der Waals surface area contributed by atoms with Crippen molar-refractivity contribution in [2.45, 2.75) is 64.8 Å². The summed E-state index contributed by atoms with van der Waals surface area (Å²) in [6.07, 6.45) is -0.163. The van der Waals surface area contributed by atoms with Crippen molar-refractivity contribution < 1.29 is 28.8 Å². The van der Waals surface area contributed by atoms with Gasteiger partial charge in [0.05, 0.1) is 0 Å². The van der Waals surface area contributed by atoms with Crippen molar-refractivity contribution in [1.29, 1.82) is 0 Å². The Hall–Kier alpha value is -2.57.